The number of carbonyl (C=O) groups is 1. The van der Waals surface area contributed by atoms with Crippen molar-refractivity contribution in [3.8, 4) is 17.2 Å². The Morgan fingerprint density at radius 2 is 1.79 bits per heavy atom. The Hall–Kier alpha value is -3.32. The molecule has 0 unspecified atom stereocenters. The van der Waals surface area contributed by atoms with E-state index in [1.165, 1.54) is 23.1 Å². The summed E-state index contributed by atoms with van der Waals surface area (Å²) in [6, 6.07) is 11.1. The van der Waals surface area contributed by atoms with E-state index in [-0.39, 0.29) is 27.4 Å². The van der Waals surface area contributed by atoms with Crippen molar-refractivity contribution in [2.45, 2.75) is 13.1 Å². The van der Waals surface area contributed by atoms with Gasteiger partial charge in [0.1, 0.15) is 0 Å². The average molecular weight is 615 g/mol. The molecule has 0 aliphatic carbocycles. The van der Waals surface area contributed by atoms with Gasteiger partial charge in [0.2, 0.25) is 5.75 Å². The number of alkyl halides is 3. The van der Waals surface area contributed by atoms with Gasteiger partial charge < -0.3 is 9.47 Å². The van der Waals surface area contributed by atoms with E-state index in [4.69, 9.17) is 44.9 Å². The second-order valence-corrected chi connectivity index (χ2v) is 10.3. The van der Waals surface area contributed by atoms with Crippen molar-refractivity contribution in [2.24, 2.45) is 0 Å². The molecule has 1 amide bonds. The number of benzene rings is 3. The molecule has 1 saturated heterocycles. The topological polar surface area (TPSA) is 81.9 Å². The number of nitro groups is 1. The Balaban J connectivity index is 1.65. The maximum atomic E-state index is 13.1. The summed E-state index contributed by atoms with van der Waals surface area (Å²) < 4.78 is 50.6. The Morgan fingerprint density at radius 3 is 2.44 bits per heavy atom. The van der Waals surface area contributed by atoms with Crippen LogP contribution in [-0.2, 0) is 11.0 Å². The standard InChI is InChI=1S/C25H15Cl2F3N2O5S2/c1-2-36-21-9-13(10-22-23(33)31(24(38)39-22)17-6-5-15(26)12-16(17)27)3-7-20(21)37-19-8-4-14(25(28,29)30)11-18(19)32(34)35/h3-12H,2H2,1H3/b22-10-. The molecule has 0 bridgehead atoms. The summed E-state index contributed by atoms with van der Waals surface area (Å²) in [6.07, 6.45) is -3.20. The van der Waals surface area contributed by atoms with Crippen LogP contribution in [0, 0.1) is 10.1 Å². The van der Waals surface area contributed by atoms with Gasteiger partial charge in [0.05, 0.1) is 32.7 Å². The van der Waals surface area contributed by atoms with E-state index in [9.17, 15) is 28.1 Å². The molecule has 39 heavy (non-hydrogen) atoms. The van der Waals surface area contributed by atoms with Crippen LogP contribution in [0.4, 0.5) is 24.5 Å². The number of thiocarbonyl (C=S) groups is 1. The number of carbonyl (C=O) groups excluding carboxylic acids is 1. The smallest absolute Gasteiger partial charge is 0.416 e. The minimum atomic E-state index is -4.76. The van der Waals surface area contributed by atoms with Crippen molar-refractivity contribution in [1.29, 1.82) is 0 Å². The average Bonchev–Trinajstić information content (AvgIpc) is 3.13. The third-order valence-corrected chi connectivity index (χ3v) is 7.05. The van der Waals surface area contributed by atoms with E-state index in [0.717, 1.165) is 17.8 Å². The predicted molar refractivity (Wildman–Crippen MR) is 148 cm³/mol. The Kier molecular flexibility index (Phi) is 8.40. The molecule has 7 nitrogen and oxygen atoms in total. The second-order valence-electron chi connectivity index (χ2n) is 7.79. The van der Waals surface area contributed by atoms with Crippen LogP contribution in [0.5, 0.6) is 17.2 Å². The van der Waals surface area contributed by atoms with Gasteiger partial charge in [-0.3, -0.25) is 19.8 Å². The quantitative estimate of drug-likeness (QED) is 0.114. The number of anilines is 1. The normalized spacial score (nSPS) is 14.7. The van der Waals surface area contributed by atoms with Gasteiger partial charge in [0.25, 0.3) is 5.91 Å². The van der Waals surface area contributed by atoms with Gasteiger partial charge in [-0.15, -0.1) is 0 Å². The molecule has 3 aromatic rings. The first-order chi connectivity index (χ1) is 18.4. The van der Waals surface area contributed by atoms with E-state index in [2.05, 4.69) is 0 Å². The molecule has 0 radical (unpaired) electrons. The third-order valence-electron chi connectivity index (χ3n) is 5.21. The summed E-state index contributed by atoms with van der Waals surface area (Å²) in [6.45, 7) is 1.88. The van der Waals surface area contributed by atoms with E-state index >= 15 is 0 Å². The summed E-state index contributed by atoms with van der Waals surface area (Å²) >= 11 is 18.6. The number of hydrogen-bond acceptors (Lipinski definition) is 7. The van der Waals surface area contributed by atoms with Gasteiger partial charge in [-0.25, -0.2) is 0 Å². The summed E-state index contributed by atoms with van der Waals surface area (Å²) in [5.41, 5.74) is -1.15. The largest absolute Gasteiger partial charge is 0.490 e. The van der Waals surface area contributed by atoms with E-state index in [1.54, 1.807) is 31.2 Å². The number of thioether (sulfide) groups is 1. The summed E-state index contributed by atoms with van der Waals surface area (Å²) in [5.74, 6) is -0.635. The van der Waals surface area contributed by atoms with Crippen molar-refractivity contribution in [3.05, 3.63) is 90.8 Å². The van der Waals surface area contributed by atoms with Crippen LogP contribution in [0.15, 0.2) is 59.5 Å². The van der Waals surface area contributed by atoms with Crippen LogP contribution in [0.1, 0.15) is 18.1 Å². The lowest BCUT2D eigenvalue weighted by Gasteiger charge is -2.16. The number of amides is 1. The molecule has 14 heteroatoms. The predicted octanol–water partition coefficient (Wildman–Crippen LogP) is 8.52. The molecule has 0 atom stereocenters. The first-order valence-corrected chi connectivity index (χ1v) is 12.9. The van der Waals surface area contributed by atoms with Gasteiger partial charge in [-0.2, -0.15) is 13.2 Å². The van der Waals surface area contributed by atoms with E-state index < -0.39 is 34.0 Å². The lowest BCUT2D eigenvalue weighted by atomic mass is 10.1. The molecule has 0 saturated carbocycles. The molecule has 4 rings (SSSR count). The highest BCUT2D eigenvalue weighted by Gasteiger charge is 2.35. The zero-order valence-corrected chi connectivity index (χ0v) is 22.8. The van der Waals surface area contributed by atoms with Gasteiger partial charge in [-0.05, 0) is 61.0 Å². The number of nitro benzene ring substituents is 1. The van der Waals surface area contributed by atoms with Gasteiger partial charge in [0.15, 0.2) is 15.8 Å². The van der Waals surface area contributed by atoms with Crippen LogP contribution >= 0.6 is 47.2 Å². The fourth-order valence-electron chi connectivity index (χ4n) is 3.50. The molecule has 0 N–H and O–H groups in total. The zero-order valence-electron chi connectivity index (χ0n) is 19.6. The lowest BCUT2D eigenvalue weighted by molar-refractivity contribution is -0.385. The summed E-state index contributed by atoms with van der Waals surface area (Å²) in [4.78, 5) is 25.2. The zero-order chi connectivity index (χ0) is 28.5. The molecule has 3 aromatic carbocycles. The van der Waals surface area contributed by atoms with Gasteiger partial charge in [0, 0.05) is 11.1 Å². The maximum Gasteiger partial charge on any atom is 0.416 e. The fraction of sp³-hybridized carbons (Fsp3) is 0.120. The number of hydrogen-bond donors (Lipinski definition) is 0. The second kappa shape index (κ2) is 11.4. The monoisotopic (exact) mass is 614 g/mol. The lowest BCUT2D eigenvalue weighted by Crippen LogP contribution is -2.27. The first kappa shape index (κ1) is 28.7. The van der Waals surface area contributed by atoms with Crippen molar-refractivity contribution >= 4 is 74.9 Å². The van der Waals surface area contributed by atoms with Crippen LogP contribution in [0.3, 0.4) is 0 Å². The highest BCUT2D eigenvalue weighted by molar-refractivity contribution is 8.27. The SMILES string of the molecule is CCOc1cc(/C=C2\SC(=S)N(c3ccc(Cl)cc3Cl)C2=O)ccc1Oc1ccc(C(F)(F)F)cc1[N+](=O)[O-]. The van der Waals surface area contributed by atoms with Crippen LogP contribution in [0.25, 0.3) is 6.08 Å². The Morgan fingerprint density at radius 1 is 1.08 bits per heavy atom. The van der Waals surface area contributed by atoms with Crippen molar-refractivity contribution in [3.63, 3.8) is 0 Å². The number of ether oxygens (including phenoxy) is 2. The van der Waals surface area contributed by atoms with E-state index in [0.29, 0.717) is 33.3 Å². The van der Waals surface area contributed by atoms with Crippen LogP contribution in [0.2, 0.25) is 10.0 Å². The molecular formula is C25H15Cl2F3N2O5S2. The Bertz CT molecular complexity index is 1530. The molecular weight excluding hydrogens is 600 g/mol. The summed E-state index contributed by atoms with van der Waals surface area (Å²) in [5, 5.41) is 12.1. The van der Waals surface area contributed by atoms with Crippen molar-refractivity contribution < 1.29 is 32.4 Å². The van der Waals surface area contributed by atoms with E-state index in [1.807, 2.05) is 0 Å². The molecule has 1 fully saturated rings. The fourth-order valence-corrected chi connectivity index (χ4v) is 5.28. The molecule has 1 aliphatic heterocycles. The number of rotatable bonds is 7. The summed E-state index contributed by atoms with van der Waals surface area (Å²) in [7, 11) is 0. The number of halogens is 5. The van der Waals surface area contributed by atoms with Gasteiger partial charge >= 0.3 is 11.9 Å². The minimum absolute atomic E-state index is 0.0253. The molecule has 1 heterocycles. The highest BCUT2D eigenvalue weighted by Crippen LogP contribution is 2.42. The minimum Gasteiger partial charge on any atom is -0.490 e. The van der Waals surface area contributed by atoms with Crippen LogP contribution < -0.4 is 14.4 Å². The third kappa shape index (κ3) is 6.30. The molecule has 1 aliphatic rings. The molecule has 202 valence electrons. The number of nitrogens with zero attached hydrogens (tertiary/aromatic N) is 2. The maximum absolute atomic E-state index is 13.1. The van der Waals surface area contributed by atoms with Gasteiger partial charge in [-0.1, -0.05) is 53.2 Å². The Labute approximate surface area is 239 Å². The first-order valence-electron chi connectivity index (χ1n) is 10.9. The van der Waals surface area contributed by atoms with Crippen molar-refractivity contribution in [1.82, 2.24) is 0 Å². The van der Waals surface area contributed by atoms with Crippen molar-refractivity contribution in [2.75, 3.05) is 11.5 Å². The highest BCUT2D eigenvalue weighted by atomic mass is 35.5. The molecule has 0 spiro atoms. The molecule has 0 aromatic heterocycles. The van der Waals surface area contributed by atoms with Crippen LogP contribution in [-0.4, -0.2) is 21.8 Å².